The first-order valence-corrected chi connectivity index (χ1v) is 3.24. The highest BCUT2D eigenvalue weighted by molar-refractivity contribution is 5.92. The number of carbonyl (C=O) groups is 1. The van der Waals surface area contributed by atoms with E-state index in [-0.39, 0.29) is 5.57 Å². The summed E-state index contributed by atoms with van der Waals surface area (Å²) in [5, 5.41) is 0. The van der Waals surface area contributed by atoms with Gasteiger partial charge in [-0.05, 0) is 13.8 Å². The molecule has 0 aromatic heterocycles. The Morgan fingerprint density at radius 1 is 1.36 bits per heavy atom. The summed E-state index contributed by atoms with van der Waals surface area (Å²) in [6, 6.07) is 0. The normalized spacial score (nSPS) is 13.1. The zero-order chi connectivity index (χ0) is 8.85. The number of allylic oxidation sites excluding steroid dienone is 2. The smallest absolute Gasteiger partial charge is 0.340 e. The fourth-order valence-electron chi connectivity index (χ4n) is 0.619. The fraction of sp³-hybridized carbons (Fsp3) is 0.375. The standard InChI is InChI=1S/C8H11FO2/c1-4-6(7(9)5-2)8(10)11-3/h4-5H,1-3H3. The van der Waals surface area contributed by atoms with Crippen molar-refractivity contribution >= 4 is 5.97 Å². The Labute approximate surface area is 65.4 Å². The van der Waals surface area contributed by atoms with E-state index in [1.807, 2.05) is 0 Å². The number of carbonyl (C=O) groups excluding carboxylic acids is 1. The highest BCUT2D eigenvalue weighted by Crippen LogP contribution is 2.12. The molecule has 0 aliphatic rings. The van der Waals surface area contributed by atoms with E-state index in [9.17, 15) is 9.18 Å². The van der Waals surface area contributed by atoms with Gasteiger partial charge in [0.2, 0.25) is 0 Å². The van der Waals surface area contributed by atoms with Crippen molar-refractivity contribution in [2.75, 3.05) is 7.11 Å². The third kappa shape index (κ3) is 2.53. The largest absolute Gasteiger partial charge is 0.465 e. The van der Waals surface area contributed by atoms with Crippen molar-refractivity contribution in [3.63, 3.8) is 0 Å². The minimum absolute atomic E-state index is 0.0324. The van der Waals surface area contributed by atoms with Crippen molar-refractivity contribution in [1.82, 2.24) is 0 Å². The van der Waals surface area contributed by atoms with E-state index >= 15 is 0 Å². The van der Waals surface area contributed by atoms with Crippen LogP contribution in [-0.4, -0.2) is 13.1 Å². The van der Waals surface area contributed by atoms with Crippen LogP contribution in [0.25, 0.3) is 0 Å². The maximum absolute atomic E-state index is 12.7. The molecule has 0 rings (SSSR count). The molecular weight excluding hydrogens is 147 g/mol. The quantitative estimate of drug-likeness (QED) is 0.349. The summed E-state index contributed by atoms with van der Waals surface area (Å²) in [6.07, 6.45) is 2.59. The van der Waals surface area contributed by atoms with Crippen molar-refractivity contribution < 1.29 is 13.9 Å². The number of rotatable bonds is 2. The highest BCUT2D eigenvalue weighted by Gasteiger charge is 2.11. The number of hydrogen-bond acceptors (Lipinski definition) is 2. The maximum atomic E-state index is 12.7. The highest BCUT2D eigenvalue weighted by atomic mass is 19.1. The first-order chi connectivity index (χ1) is 5.17. The lowest BCUT2D eigenvalue weighted by Gasteiger charge is -1.99. The van der Waals surface area contributed by atoms with Gasteiger partial charge >= 0.3 is 5.97 Å². The number of ether oxygens (including phenoxy) is 1. The van der Waals surface area contributed by atoms with Gasteiger partial charge in [0.15, 0.2) is 0 Å². The molecule has 0 aliphatic carbocycles. The van der Waals surface area contributed by atoms with Crippen molar-refractivity contribution in [3.8, 4) is 0 Å². The van der Waals surface area contributed by atoms with Gasteiger partial charge in [-0.25, -0.2) is 9.18 Å². The van der Waals surface area contributed by atoms with Gasteiger partial charge in [-0.1, -0.05) is 12.2 Å². The van der Waals surface area contributed by atoms with Crippen LogP contribution in [0.4, 0.5) is 4.39 Å². The van der Waals surface area contributed by atoms with Gasteiger partial charge in [0, 0.05) is 0 Å². The molecule has 62 valence electrons. The Morgan fingerprint density at radius 2 is 1.91 bits per heavy atom. The molecule has 0 bridgehead atoms. The van der Waals surface area contributed by atoms with Gasteiger partial charge in [-0.2, -0.15) is 0 Å². The molecule has 0 amide bonds. The SMILES string of the molecule is CC=C(F)C(=CC)C(=O)OC. The molecule has 11 heavy (non-hydrogen) atoms. The summed E-state index contributed by atoms with van der Waals surface area (Å²) in [5.41, 5.74) is -0.0324. The minimum Gasteiger partial charge on any atom is -0.465 e. The molecule has 0 aromatic carbocycles. The minimum atomic E-state index is -0.650. The summed E-state index contributed by atoms with van der Waals surface area (Å²) in [4.78, 5) is 10.8. The van der Waals surface area contributed by atoms with Crippen molar-refractivity contribution in [1.29, 1.82) is 0 Å². The van der Waals surface area contributed by atoms with Crippen LogP contribution < -0.4 is 0 Å². The Hall–Kier alpha value is -1.12. The first-order valence-electron chi connectivity index (χ1n) is 3.24. The summed E-state index contributed by atoms with van der Waals surface area (Å²) < 4.78 is 17.1. The fourth-order valence-corrected chi connectivity index (χ4v) is 0.619. The van der Waals surface area contributed by atoms with E-state index in [0.29, 0.717) is 0 Å². The molecule has 0 radical (unpaired) electrons. The molecule has 0 heterocycles. The van der Waals surface area contributed by atoms with Crippen LogP contribution in [0.15, 0.2) is 23.6 Å². The van der Waals surface area contributed by atoms with E-state index in [4.69, 9.17) is 0 Å². The summed E-state index contributed by atoms with van der Waals surface area (Å²) in [5.74, 6) is -1.21. The van der Waals surface area contributed by atoms with Crippen LogP contribution in [-0.2, 0) is 9.53 Å². The van der Waals surface area contributed by atoms with Crippen LogP contribution in [0.5, 0.6) is 0 Å². The molecular formula is C8H11FO2. The predicted octanol–water partition coefficient (Wildman–Crippen LogP) is 1.98. The summed E-state index contributed by atoms with van der Waals surface area (Å²) >= 11 is 0. The Bertz CT molecular complexity index is 204. The molecule has 0 unspecified atom stereocenters. The zero-order valence-corrected chi connectivity index (χ0v) is 6.85. The first kappa shape index (κ1) is 9.88. The van der Waals surface area contributed by atoms with Gasteiger partial charge in [0.1, 0.15) is 5.83 Å². The number of hydrogen-bond donors (Lipinski definition) is 0. The van der Waals surface area contributed by atoms with Crippen molar-refractivity contribution in [2.45, 2.75) is 13.8 Å². The number of esters is 1. The Kier molecular flexibility index (Phi) is 4.18. The van der Waals surface area contributed by atoms with Crippen LogP contribution in [0.3, 0.4) is 0 Å². The third-order valence-electron chi connectivity index (χ3n) is 1.20. The molecule has 0 saturated carbocycles. The topological polar surface area (TPSA) is 26.3 Å². The molecule has 0 aliphatic heterocycles. The Balaban J connectivity index is 4.57. The lowest BCUT2D eigenvalue weighted by atomic mass is 10.2. The molecule has 3 heteroatoms. The third-order valence-corrected chi connectivity index (χ3v) is 1.20. The van der Waals surface area contributed by atoms with E-state index in [1.54, 1.807) is 6.92 Å². The van der Waals surface area contributed by atoms with Gasteiger partial charge in [0.25, 0.3) is 0 Å². The molecule has 0 aromatic rings. The lowest BCUT2D eigenvalue weighted by molar-refractivity contribution is -0.135. The lowest BCUT2D eigenvalue weighted by Crippen LogP contribution is -2.04. The average Bonchev–Trinajstić information content (AvgIpc) is 2.05. The number of halogens is 1. The van der Waals surface area contributed by atoms with Gasteiger partial charge < -0.3 is 4.74 Å². The van der Waals surface area contributed by atoms with Crippen LogP contribution in [0, 0.1) is 0 Å². The second-order valence-corrected chi connectivity index (χ2v) is 1.83. The van der Waals surface area contributed by atoms with Crippen LogP contribution in [0.2, 0.25) is 0 Å². The van der Waals surface area contributed by atoms with Crippen LogP contribution >= 0.6 is 0 Å². The molecule has 0 spiro atoms. The van der Waals surface area contributed by atoms with Crippen LogP contribution in [0.1, 0.15) is 13.8 Å². The van der Waals surface area contributed by atoms with Gasteiger partial charge in [0.05, 0.1) is 12.7 Å². The summed E-state index contributed by atoms with van der Waals surface area (Å²) in [7, 11) is 1.22. The second kappa shape index (κ2) is 4.66. The Morgan fingerprint density at radius 3 is 2.18 bits per heavy atom. The zero-order valence-electron chi connectivity index (χ0n) is 6.85. The molecule has 0 atom stereocenters. The molecule has 0 saturated heterocycles. The summed E-state index contributed by atoms with van der Waals surface area (Å²) in [6.45, 7) is 3.09. The van der Waals surface area contributed by atoms with Gasteiger partial charge in [-0.3, -0.25) is 0 Å². The average molecular weight is 158 g/mol. The molecule has 0 N–H and O–H groups in total. The van der Waals surface area contributed by atoms with Gasteiger partial charge in [-0.15, -0.1) is 0 Å². The van der Waals surface area contributed by atoms with E-state index in [2.05, 4.69) is 4.74 Å². The monoisotopic (exact) mass is 158 g/mol. The van der Waals surface area contributed by atoms with E-state index < -0.39 is 11.8 Å². The van der Waals surface area contributed by atoms with Crippen molar-refractivity contribution in [3.05, 3.63) is 23.6 Å². The van der Waals surface area contributed by atoms with E-state index in [1.165, 1.54) is 26.2 Å². The van der Waals surface area contributed by atoms with E-state index in [0.717, 1.165) is 0 Å². The predicted molar refractivity (Wildman–Crippen MR) is 40.6 cm³/mol. The van der Waals surface area contributed by atoms with Crippen molar-refractivity contribution in [2.24, 2.45) is 0 Å². The molecule has 2 nitrogen and oxygen atoms in total. The number of methoxy groups -OCH3 is 1. The molecule has 0 fully saturated rings. The second-order valence-electron chi connectivity index (χ2n) is 1.83. The maximum Gasteiger partial charge on any atom is 0.340 e.